The van der Waals surface area contributed by atoms with Crippen LogP contribution in [0.3, 0.4) is 0 Å². The fourth-order valence-corrected chi connectivity index (χ4v) is 4.72. The van der Waals surface area contributed by atoms with Crippen molar-refractivity contribution in [2.24, 2.45) is 11.8 Å². The lowest BCUT2D eigenvalue weighted by atomic mass is 9.74. The molecule has 0 aromatic heterocycles. The summed E-state index contributed by atoms with van der Waals surface area (Å²) in [6.07, 6.45) is 14.4. The van der Waals surface area contributed by atoms with E-state index in [9.17, 15) is 0 Å². The normalized spacial score (nSPS) is 23.0. The lowest BCUT2D eigenvalue weighted by Crippen LogP contribution is -2.18. The fourth-order valence-electron chi connectivity index (χ4n) is 4.72. The lowest BCUT2D eigenvalue weighted by molar-refractivity contribution is 0.268. The van der Waals surface area contributed by atoms with Crippen LogP contribution in [0.2, 0.25) is 0 Å². The van der Waals surface area contributed by atoms with Crippen LogP contribution in [0.4, 0.5) is 0 Å². The van der Waals surface area contributed by atoms with Gasteiger partial charge in [0.25, 0.3) is 0 Å². The maximum Gasteiger partial charge on any atom is 0.00831 e. The molecule has 0 bridgehead atoms. The zero-order valence-corrected chi connectivity index (χ0v) is 14.3. The smallest absolute Gasteiger partial charge is 0.00831 e. The summed E-state index contributed by atoms with van der Waals surface area (Å²) < 4.78 is 0. The van der Waals surface area contributed by atoms with Crippen molar-refractivity contribution in [2.75, 3.05) is 0 Å². The molecule has 0 heteroatoms. The third-order valence-corrected chi connectivity index (χ3v) is 5.91. The van der Waals surface area contributed by atoms with Crippen molar-refractivity contribution in [3.05, 3.63) is 47.0 Å². The minimum Gasteiger partial charge on any atom is -0.0985 e. The highest BCUT2D eigenvalue weighted by Crippen LogP contribution is 2.46. The van der Waals surface area contributed by atoms with Gasteiger partial charge in [0.2, 0.25) is 0 Å². The molecule has 1 fully saturated rings. The van der Waals surface area contributed by atoms with Crippen molar-refractivity contribution in [3.8, 4) is 0 Å². The summed E-state index contributed by atoms with van der Waals surface area (Å²) in [5, 5.41) is 0. The molecule has 1 aromatic carbocycles. The van der Waals surface area contributed by atoms with Gasteiger partial charge in [-0.15, -0.1) is 0 Å². The molecular weight excluding hydrogens is 264 g/mol. The van der Waals surface area contributed by atoms with Crippen LogP contribution in [-0.4, -0.2) is 0 Å². The van der Waals surface area contributed by atoms with Crippen LogP contribution < -0.4 is 0 Å². The van der Waals surface area contributed by atoms with Gasteiger partial charge in [-0.05, 0) is 41.9 Å². The highest BCUT2D eigenvalue weighted by molar-refractivity contribution is 5.68. The molecule has 0 heterocycles. The Hall–Kier alpha value is -1.30. The molecule has 0 N–H and O–H groups in total. The van der Waals surface area contributed by atoms with E-state index in [1.807, 2.05) is 6.08 Å². The molecule has 0 spiro atoms. The minimum atomic E-state index is 0.641. The van der Waals surface area contributed by atoms with Crippen LogP contribution in [0, 0.1) is 11.8 Å². The molecule has 2 aliphatic rings. The number of hydrogen-bond donors (Lipinski definition) is 0. The van der Waals surface area contributed by atoms with Gasteiger partial charge in [0.05, 0.1) is 0 Å². The quantitative estimate of drug-likeness (QED) is 0.558. The van der Waals surface area contributed by atoms with Gasteiger partial charge >= 0.3 is 0 Å². The van der Waals surface area contributed by atoms with Gasteiger partial charge < -0.3 is 0 Å². The highest BCUT2D eigenvalue weighted by Gasteiger charge is 2.31. The van der Waals surface area contributed by atoms with E-state index in [4.69, 9.17) is 0 Å². The van der Waals surface area contributed by atoms with Crippen LogP contribution in [0.1, 0.15) is 81.4 Å². The third kappa shape index (κ3) is 3.07. The molecule has 1 aromatic rings. The minimum absolute atomic E-state index is 0.641. The van der Waals surface area contributed by atoms with Crippen LogP contribution in [0.15, 0.2) is 30.4 Å². The van der Waals surface area contributed by atoms with E-state index in [2.05, 4.69) is 44.7 Å². The Labute approximate surface area is 136 Å². The number of rotatable bonds is 5. The van der Waals surface area contributed by atoms with E-state index in [1.165, 1.54) is 56.1 Å². The molecule has 0 amide bonds. The van der Waals surface area contributed by atoms with Crippen molar-refractivity contribution in [3.63, 3.8) is 0 Å². The SMILES string of the molecule is C=Cc1ccc2c(c1)C([C@H](CC)CC1CCCCC1)C(C)=C2. The number of allylic oxidation sites excluding steroid dienone is 1. The Bertz CT molecular complexity index is 557. The maximum atomic E-state index is 3.94. The highest BCUT2D eigenvalue weighted by atomic mass is 14.4. The van der Waals surface area contributed by atoms with Gasteiger partial charge in [0.15, 0.2) is 0 Å². The second kappa shape index (κ2) is 6.86. The first kappa shape index (κ1) is 15.6. The predicted molar refractivity (Wildman–Crippen MR) is 97.9 cm³/mol. The largest absolute Gasteiger partial charge is 0.0985 e. The van der Waals surface area contributed by atoms with Gasteiger partial charge in [0.1, 0.15) is 0 Å². The fraction of sp³-hybridized carbons (Fsp3) is 0.545. The van der Waals surface area contributed by atoms with Gasteiger partial charge in [-0.2, -0.15) is 0 Å². The molecule has 1 saturated carbocycles. The maximum absolute atomic E-state index is 3.94. The van der Waals surface area contributed by atoms with E-state index in [-0.39, 0.29) is 0 Å². The van der Waals surface area contributed by atoms with E-state index in [0.717, 1.165) is 11.8 Å². The zero-order chi connectivity index (χ0) is 15.5. The predicted octanol–water partition coefficient (Wildman–Crippen LogP) is 6.83. The number of hydrogen-bond acceptors (Lipinski definition) is 0. The van der Waals surface area contributed by atoms with Crippen molar-refractivity contribution in [2.45, 2.75) is 64.7 Å². The van der Waals surface area contributed by atoms with Crippen LogP contribution >= 0.6 is 0 Å². The summed E-state index contributed by atoms with van der Waals surface area (Å²) in [6.45, 7) is 8.66. The third-order valence-electron chi connectivity index (χ3n) is 5.91. The Morgan fingerprint density at radius 2 is 2.00 bits per heavy atom. The average molecular weight is 294 g/mol. The molecule has 22 heavy (non-hydrogen) atoms. The van der Waals surface area contributed by atoms with E-state index >= 15 is 0 Å². The lowest BCUT2D eigenvalue weighted by Gasteiger charge is -2.31. The van der Waals surface area contributed by atoms with Gasteiger partial charge in [0, 0.05) is 5.92 Å². The molecule has 2 aliphatic carbocycles. The Kier molecular flexibility index (Phi) is 4.86. The van der Waals surface area contributed by atoms with E-state index < -0.39 is 0 Å². The topological polar surface area (TPSA) is 0 Å². The summed E-state index contributed by atoms with van der Waals surface area (Å²) in [4.78, 5) is 0. The van der Waals surface area contributed by atoms with Crippen LogP contribution in [-0.2, 0) is 0 Å². The molecule has 0 nitrogen and oxygen atoms in total. The monoisotopic (exact) mass is 294 g/mol. The molecule has 0 radical (unpaired) electrons. The first-order valence-corrected chi connectivity index (χ1v) is 9.17. The zero-order valence-electron chi connectivity index (χ0n) is 14.3. The Balaban J connectivity index is 1.83. The van der Waals surface area contributed by atoms with Gasteiger partial charge in [-0.3, -0.25) is 0 Å². The first-order chi connectivity index (χ1) is 10.7. The summed E-state index contributed by atoms with van der Waals surface area (Å²) in [5.41, 5.74) is 5.82. The molecular formula is C22H30. The molecule has 0 saturated heterocycles. The van der Waals surface area contributed by atoms with Crippen molar-refractivity contribution < 1.29 is 0 Å². The van der Waals surface area contributed by atoms with Crippen molar-refractivity contribution in [1.82, 2.24) is 0 Å². The van der Waals surface area contributed by atoms with Crippen molar-refractivity contribution >= 4 is 12.2 Å². The summed E-state index contributed by atoms with van der Waals surface area (Å²) in [7, 11) is 0. The van der Waals surface area contributed by atoms with Gasteiger partial charge in [-0.25, -0.2) is 0 Å². The summed E-state index contributed by atoms with van der Waals surface area (Å²) in [5.74, 6) is 2.42. The number of benzene rings is 1. The summed E-state index contributed by atoms with van der Waals surface area (Å²) >= 11 is 0. The van der Waals surface area contributed by atoms with Crippen molar-refractivity contribution in [1.29, 1.82) is 0 Å². The van der Waals surface area contributed by atoms with Crippen LogP contribution in [0.5, 0.6) is 0 Å². The van der Waals surface area contributed by atoms with Crippen LogP contribution in [0.25, 0.3) is 12.2 Å². The Morgan fingerprint density at radius 3 is 2.68 bits per heavy atom. The average Bonchev–Trinajstić information content (AvgIpc) is 2.88. The first-order valence-electron chi connectivity index (χ1n) is 9.17. The molecule has 0 aliphatic heterocycles. The number of fused-ring (bicyclic) bond motifs is 1. The van der Waals surface area contributed by atoms with E-state index in [1.54, 1.807) is 11.1 Å². The summed E-state index contributed by atoms with van der Waals surface area (Å²) in [6, 6.07) is 6.85. The molecule has 118 valence electrons. The van der Waals surface area contributed by atoms with E-state index in [0.29, 0.717) is 5.92 Å². The molecule has 2 atom stereocenters. The second-order valence-corrected chi connectivity index (χ2v) is 7.37. The second-order valence-electron chi connectivity index (χ2n) is 7.37. The van der Waals surface area contributed by atoms with Gasteiger partial charge in [-0.1, -0.05) is 88.0 Å². The standard InChI is InChI=1S/C22H30/c1-4-17-11-12-20-13-16(3)22(21(20)15-17)19(5-2)14-18-9-7-6-8-10-18/h4,11-13,15,18-19,22H,1,5-10,14H2,2-3H3/t19-,22?/m1/s1. The Morgan fingerprint density at radius 1 is 1.23 bits per heavy atom. The molecule has 3 rings (SSSR count). The molecule has 1 unspecified atom stereocenters.